The number of aromatic nitrogens is 2. The van der Waals surface area contributed by atoms with E-state index in [-0.39, 0.29) is 5.56 Å². The fraction of sp³-hybridized carbons (Fsp3) is 0.714. The second kappa shape index (κ2) is 8.72. The van der Waals surface area contributed by atoms with Crippen LogP contribution in [0, 0.1) is 0 Å². The van der Waals surface area contributed by atoms with E-state index in [1.165, 1.54) is 49.3 Å². The van der Waals surface area contributed by atoms with Crippen molar-refractivity contribution in [2.24, 2.45) is 0 Å². The molecule has 0 aromatic carbocycles. The van der Waals surface area contributed by atoms with Gasteiger partial charge in [0.25, 0.3) is 5.56 Å². The Morgan fingerprint density at radius 3 is 2.33 bits per heavy atom. The zero-order valence-corrected chi connectivity index (χ0v) is 11.4. The van der Waals surface area contributed by atoms with Crippen molar-refractivity contribution in [1.82, 2.24) is 9.78 Å². The van der Waals surface area contributed by atoms with E-state index in [2.05, 4.69) is 12.0 Å². The molecule has 1 aromatic rings. The average Bonchev–Trinajstić information content (AvgIpc) is 2.36. The van der Waals surface area contributed by atoms with E-state index in [1.54, 1.807) is 6.07 Å². The molecule has 0 fully saturated rings. The van der Waals surface area contributed by atoms with E-state index in [4.69, 9.17) is 5.73 Å². The van der Waals surface area contributed by atoms with Gasteiger partial charge in [-0.25, -0.2) is 4.68 Å². The van der Waals surface area contributed by atoms with Gasteiger partial charge in [0.1, 0.15) is 5.82 Å². The van der Waals surface area contributed by atoms with Gasteiger partial charge in [0.15, 0.2) is 0 Å². The van der Waals surface area contributed by atoms with Crippen molar-refractivity contribution in [2.45, 2.75) is 64.8 Å². The number of nitrogens with zero attached hydrogens (tertiary/aromatic N) is 2. The quantitative estimate of drug-likeness (QED) is 0.686. The van der Waals surface area contributed by atoms with Crippen LogP contribution in [-0.2, 0) is 6.54 Å². The Morgan fingerprint density at radius 2 is 1.67 bits per heavy atom. The summed E-state index contributed by atoms with van der Waals surface area (Å²) in [6, 6.07) is 3.03. The van der Waals surface area contributed by atoms with Gasteiger partial charge in [-0.3, -0.25) is 4.79 Å². The summed E-state index contributed by atoms with van der Waals surface area (Å²) in [5.41, 5.74) is 5.49. The highest BCUT2D eigenvalue weighted by Gasteiger charge is 1.98. The lowest BCUT2D eigenvalue weighted by molar-refractivity contribution is 0.506. The van der Waals surface area contributed by atoms with Crippen LogP contribution in [0.25, 0.3) is 0 Å². The van der Waals surface area contributed by atoms with Gasteiger partial charge in [-0.15, -0.1) is 0 Å². The van der Waals surface area contributed by atoms with Gasteiger partial charge in [-0.2, -0.15) is 5.10 Å². The van der Waals surface area contributed by atoms with Gasteiger partial charge >= 0.3 is 0 Å². The van der Waals surface area contributed by atoms with Crippen LogP contribution in [0.4, 0.5) is 5.82 Å². The largest absolute Gasteiger partial charge is 0.382 e. The molecule has 1 aromatic heterocycles. The number of anilines is 1. The third kappa shape index (κ3) is 5.84. The molecule has 0 saturated heterocycles. The third-order valence-electron chi connectivity index (χ3n) is 3.11. The molecule has 0 aliphatic carbocycles. The maximum atomic E-state index is 11.5. The highest BCUT2D eigenvalue weighted by molar-refractivity contribution is 5.23. The van der Waals surface area contributed by atoms with Gasteiger partial charge in [-0.1, -0.05) is 51.9 Å². The van der Waals surface area contributed by atoms with Gasteiger partial charge in [-0.05, 0) is 12.5 Å². The molecule has 0 unspecified atom stereocenters. The summed E-state index contributed by atoms with van der Waals surface area (Å²) >= 11 is 0. The van der Waals surface area contributed by atoms with E-state index in [0.717, 1.165) is 12.8 Å². The second-order valence-electron chi connectivity index (χ2n) is 4.79. The van der Waals surface area contributed by atoms with Gasteiger partial charge in [0.05, 0.1) is 0 Å². The first-order valence-electron chi connectivity index (χ1n) is 7.07. The Balaban J connectivity index is 2.11. The number of nitrogens with two attached hydrogens (primary N) is 1. The van der Waals surface area contributed by atoms with Crippen molar-refractivity contribution in [1.29, 1.82) is 0 Å². The third-order valence-corrected chi connectivity index (χ3v) is 3.11. The molecule has 4 heteroatoms. The minimum absolute atomic E-state index is 0.0628. The molecular weight excluding hydrogens is 226 g/mol. The second-order valence-corrected chi connectivity index (χ2v) is 4.79. The number of aryl methyl sites for hydroxylation is 1. The summed E-state index contributed by atoms with van der Waals surface area (Å²) in [7, 11) is 0. The van der Waals surface area contributed by atoms with E-state index in [9.17, 15) is 4.79 Å². The normalized spacial score (nSPS) is 10.7. The summed E-state index contributed by atoms with van der Waals surface area (Å²) < 4.78 is 1.46. The fourth-order valence-corrected chi connectivity index (χ4v) is 2.02. The molecule has 0 spiro atoms. The Morgan fingerprint density at radius 1 is 1.06 bits per heavy atom. The van der Waals surface area contributed by atoms with Gasteiger partial charge in [0.2, 0.25) is 0 Å². The summed E-state index contributed by atoms with van der Waals surface area (Å²) in [4.78, 5) is 11.5. The number of hydrogen-bond acceptors (Lipinski definition) is 3. The average molecular weight is 251 g/mol. The predicted molar refractivity (Wildman–Crippen MR) is 75.5 cm³/mol. The van der Waals surface area contributed by atoms with E-state index in [1.807, 2.05) is 0 Å². The first kappa shape index (κ1) is 14.7. The highest BCUT2D eigenvalue weighted by atomic mass is 16.1. The first-order valence-corrected chi connectivity index (χ1v) is 7.07. The summed E-state index contributed by atoms with van der Waals surface area (Å²) in [6.45, 7) is 2.91. The summed E-state index contributed by atoms with van der Waals surface area (Å²) in [5, 5.41) is 4.01. The van der Waals surface area contributed by atoms with Crippen LogP contribution in [0.2, 0.25) is 0 Å². The van der Waals surface area contributed by atoms with Crippen molar-refractivity contribution in [3.63, 3.8) is 0 Å². The summed E-state index contributed by atoms with van der Waals surface area (Å²) in [5.74, 6) is 0.411. The maximum absolute atomic E-state index is 11.5. The van der Waals surface area contributed by atoms with Crippen molar-refractivity contribution in [2.75, 3.05) is 5.73 Å². The molecule has 102 valence electrons. The van der Waals surface area contributed by atoms with Crippen LogP contribution in [0.5, 0.6) is 0 Å². The fourth-order valence-electron chi connectivity index (χ4n) is 2.02. The van der Waals surface area contributed by atoms with Crippen LogP contribution in [0.15, 0.2) is 16.9 Å². The van der Waals surface area contributed by atoms with E-state index < -0.39 is 0 Å². The molecule has 0 amide bonds. The van der Waals surface area contributed by atoms with Crippen LogP contribution < -0.4 is 11.3 Å². The molecule has 0 saturated carbocycles. The van der Waals surface area contributed by atoms with Crippen molar-refractivity contribution < 1.29 is 0 Å². The number of nitrogen functional groups attached to an aromatic ring is 1. The predicted octanol–water partition coefficient (Wildman–Crippen LogP) is 2.97. The zero-order chi connectivity index (χ0) is 13.2. The molecule has 4 nitrogen and oxygen atoms in total. The topological polar surface area (TPSA) is 60.9 Å². The zero-order valence-electron chi connectivity index (χ0n) is 11.4. The molecule has 2 N–H and O–H groups in total. The smallest absolute Gasteiger partial charge is 0.266 e. The van der Waals surface area contributed by atoms with E-state index in [0.29, 0.717) is 12.4 Å². The van der Waals surface area contributed by atoms with Gasteiger partial charge in [0, 0.05) is 12.6 Å². The van der Waals surface area contributed by atoms with Crippen LogP contribution in [-0.4, -0.2) is 9.78 Å². The first-order chi connectivity index (χ1) is 8.74. The molecule has 0 radical (unpaired) electrons. The van der Waals surface area contributed by atoms with E-state index >= 15 is 0 Å². The molecule has 1 heterocycles. The number of rotatable bonds is 9. The van der Waals surface area contributed by atoms with Crippen molar-refractivity contribution >= 4 is 5.82 Å². The molecular formula is C14H25N3O. The van der Waals surface area contributed by atoms with Crippen molar-refractivity contribution in [3.05, 3.63) is 22.5 Å². The molecule has 0 atom stereocenters. The lowest BCUT2D eigenvalue weighted by Gasteiger charge is -2.05. The lowest BCUT2D eigenvalue weighted by atomic mass is 10.1. The number of unbranched alkanes of at least 4 members (excludes halogenated alkanes) is 7. The molecule has 0 aliphatic heterocycles. The Labute approximate surface area is 109 Å². The lowest BCUT2D eigenvalue weighted by Crippen LogP contribution is -2.22. The SMILES string of the molecule is CCCCCCCCCCn1nc(N)ccc1=O. The molecule has 18 heavy (non-hydrogen) atoms. The molecule has 0 bridgehead atoms. The monoisotopic (exact) mass is 251 g/mol. The number of hydrogen-bond donors (Lipinski definition) is 1. The Bertz CT molecular complexity index is 387. The summed E-state index contributed by atoms with van der Waals surface area (Å²) in [6.07, 6.45) is 10.1. The highest BCUT2D eigenvalue weighted by Crippen LogP contribution is 2.08. The minimum atomic E-state index is -0.0628. The standard InChI is InChI=1S/C14H25N3O/c1-2-3-4-5-6-7-8-9-12-17-14(18)11-10-13(15)16-17/h10-11H,2-9,12H2,1H3,(H2,15,16). The molecule has 1 rings (SSSR count). The minimum Gasteiger partial charge on any atom is -0.382 e. The maximum Gasteiger partial charge on any atom is 0.266 e. The van der Waals surface area contributed by atoms with Crippen LogP contribution in [0.1, 0.15) is 58.3 Å². The molecule has 0 aliphatic rings. The van der Waals surface area contributed by atoms with Crippen molar-refractivity contribution in [3.8, 4) is 0 Å². The Hall–Kier alpha value is -1.32. The van der Waals surface area contributed by atoms with Gasteiger partial charge < -0.3 is 5.73 Å². The van der Waals surface area contributed by atoms with Crippen LogP contribution >= 0.6 is 0 Å². The Kier molecular flexibility index (Phi) is 7.14. The van der Waals surface area contributed by atoms with Crippen LogP contribution in [0.3, 0.4) is 0 Å².